The molecule has 0 fully saturated rings. The van der Waals surface area contributed by atoms with Crippen LogP contribution in [-0.4, -0.2) is 22.0 Å². The standard InChI is InChI=1S/C15H17BrN2O2S/c1-17-11-10-12-6-8-13(9-7-12)21(19,20)18-15-5-3-2-4-14(15)16/h2-9,17-18H,10-11H2,1H3. The minimum Gasteiger partial charge on any atom is -0.319 e. The lowest BCUT2D eigenvalue weighted by molar-refractivity contribution is 0.601. The maximum Gasteiger partial charge on any atom is 0.261 e. The van der Waals surface area contributed by atoms with Crippen molar-refractivity contribution in [2.75, 3.05) is 18.3 Å². The van der Waals surface area contributed by atoms with Crippen LogP contribution in [0.4, 0.5) is 5.69 Å². The molecule has 0 radical (unpaired) electrons. The number of benzene rings is 2. The molecule has 21 heavy (non-hydrogen) atoms. The van der Waals surface area contributed by atoms with Gasteiger partial charge in [0.15, 0.2) is 0 Å². The Bertz CT molecular complexity index is 700. The van der Waals surface area contributed by atoms with Crippen molar-refractivity contribution in [1.29, 1.82) is 0 Å². The zero-order chi connectivity index (χ0) is 15.3. The number of hydrogen-bond donors (Lipinski definition) is 2. The lowest BCUT2D eigenvalue weighted by Crippen LogP contribution is -2.14. The molecule has 4 nitrogen and oxygen atoms in total. The lowest BCUT2D eigenvalue weighted by Gasteiger charge is -2.10. The Morgan fingerprint density at radius 2 is 1.71 bits per heavy atom. The highest BCUT2D eigenvalue weighted by Gasteiger charge is 2.15. The average molecular weight is 369 g/mol. The quantitative estimate of drug-likeness (QED) is 0.823. The van der Waals surface area contributed by atoms with Crippen LogP contribution in [0.3, 0.4) is 0 Å². The molecule has 0 saturated heterocycles. The summed E-state index contributed by atoms with van der Waals surface area (Å²) in [5.74, 6) is 0. The van der Waals surface area contributed by atoms with Crippen molar-refractivity contribution in [3.05, 3.63) is 58.6 Å². The monoisotopic (exact) mass is 368 g/mol. The summed E-state index contributed by atoms with van der Waals surface area (Å²) in [5.41, 5.74) is 1.63. The Balaban J connectivity index is 2.18. The van der Waals surface area contributed by atoms with E-state index in [2.05, 4.69) is 26.0 Å². The van der Waals surface area contributed by atoms with Crippen LogP contribution in [0.1, 0.15) is 5.56 Å². The molecule has 0 aliphatic rings. The molecule has 0 aromatic heterocycles. The smallest absolute Gasteiger partial charge is 0.261 e. The molecule has 0 aliphatic carbocycles. The Labute approximate surface area is 133 Å². The normalized spacial score (nSPS) is 11.3. The molecule has 0 spiro atoms. The van der Waals surface area contributed by atoms with E-state index in [-0.39, 0.29) is 4.90 Å². The summed E-state index contributed by atoms with van der Waals surface area (Å²) >= 11 is 3.33. The predicted molar refractivity (Wildman–Crippen MR) is 89.0 cm³/mol. The molecule has 2 rings (SSSR count). The highest BCUT2D eigenvalue weighted by Crippen LogP contribution is 2.24. The molecule has 0 unspecified atom stereocenters. The zero-order valence-electron chi connectivity index (χ0n) is 11.6. The summed E-state index contributed by atoms with van der Waals surface area (Å²) in [6.45, 7) is 0.862. The van der Waals surface area contributed by atoms with Gasteiger partial charge in [0.2, 0.25) is 0 Å². The second kappa shape index (κ2) is 7.06. The first kappa shape index (κ1) is 16.0. The van der Waals surface area contributed by atoms with E-state index in [0.29, 0.717) is 10.2 Å². The number of hydrogen-bond acceptors (Lipinski definition) is 3. The number of rotatable bonds is 6. The van der Waals surface area contributed by atoms with Crippen molar-refractivity contribution in [3.8, 4) is 0 Å². The molecule has 0 atom stereocenters. The summed E-state index contributed by atoms with van der Waals surface area (Å²) in [6.07, 6.45) is 0.870. The van der Waals surface area contributed by atoms with Crippen LogP contribution in [0, 0.1) is 0 Å². The topological polar surface area (TPSA) is 58.2 Å². The van der Waals surface area contributed by atoms with Crippen molar-refractivity contribution in [2.45, 2.75) is 11.3 Å². The fraction of sp³-hybridized carbons (Fsp3) is 0.200. The van der Waals surface area contributed by atoms with E-state index in [0.717, 1.165) is 18.5 Å². The van der Waals surface area contributed by atoms with Gasteiger partial charge in [0.05, 0.1) is 10.6 Å². The van der Waals surface area contributed by atoms with Crippen LogP contribution in [-0.2, 0) is 16.4 Å². The second-order valence-electron chi connectivity index (χ2n) is 4.58. The molecule has 0 heterocycles. The molecule has 2 aromatic rings. The molecule has 2 N–H and O–H groups in total. The van der Waals surface area contributed by atoms with Gasteiger partial charge in [-0.25, -0.2) is 8.42 Å². The van der Waals surface area contributed by atoms with Gasteiger partial charge in [0.25, 0.3) is 10.0 Å². The maximum absolute atomic E-state index is 12.3. The van der Waals surface area contributed by atoms with Crippen molar-refractivity contribution in [2.24, 2.45) is 0 Å². The van der Waals surface area contributed by atoms with Gasteiger partial charge in [0, 0.05) is 4.47 Å². The highest BCUT2D eigenvalue weighted by atomic mass is 79.9. The Hall–Kier alpha value is -1.37. The average Bonchev–Trinajstić information content (AvgIpc) is 2.48. The van der Waals surface area contributed by atoms with Gasteiger partial charge in [-0.1, -0.05) is 24.3 Å². The van der Waals surface area contributed by atoms with E-state index >= 15 is 0 Å². The third-order valence-corrected chi connectivity index (χ3v) is 5.09. The number of nitrogens with one attached hydrogen (secondary N) is 2. The largest absolute Gasteiger partial charge is 0.319 e. The summed E-state index contributed by atoms with van der Waals surface area (Å²) in [5, 5.41) is 3.06. The van der Waals surface area contributed by atoms with Gasteiger partial charge in [-0.05, 0) is 65.8 Å². The van der Waals surface area contributed by atoms with E-state index < -0.39 is 10.0 Å². The van der Waals surface area contributed by atoms with Crippen LogP contribution < -0.4 is 10.0 Å². The van der Waals surface area contributed by atoms with Gasteiger partial charge >= 0.3 is 0 Å². The molecule has 112 valence electrons. The molecule has 2 aromatic carbocycles. The van der Waals surface area contributed by atoms with Crippen LogP contribution >= 0.6 is 15.9 Å². The number of halogens is 1. The first-order valence-electron chi connectivity index (χ1n) is 6.54. The van der Waals surface area contributed by atoms with Gasteiger partial charge < -0.3 is 5.32 Å². The predicted octanol–water partition coefficient (Wildman–Crippen LogP) is 3.01. The first-order chi connectivity index (χ1) is 10.0. The number of para-hydroxylation sites is 1. The van der Waals surface area contributed by atoms with E-state index in [1.807, 2.05) is 25.2 Å². The van der Waals surface area contributed by atoms with Crippen LogP contribution in [0.15, 0.2) is 57.9 Å². The fourth-order valence-corrected chi connectivity index (χ4v) is 3.45. The van der Waals surface area contributed by atoms with E-state index in [4.69, 9.17) is 0 Å². The molecule has 0 bridgehead atoms. The molecule has 6 heteroatoms. The summed E-state index contributed by atoms with van der Waals surface area (Å²) in [7, 11) is -1.68. The Morgan fingerprint density at radius 3 is 2.33 bits per heavy atom. The first-order valence-corrected chi connectivity index (χ1v) is 8.81. The summed E-state index contributed by atoms with van der Waals surface area (Å²) in [4.78, 5) is 0.256. The third-order valence-electron chi connectivity index (χ3n) is 3.02. The molecule has 0 aliphatic heterocycles. The minimum atomic E-state index is -3.57. The van der Waals surface area contributed by atoms with Gasteiger partial charge in [-0.15, -0.1) is 0 Å². The SMILES string of the molecule is CNCCc1ccc(S(=O)(=O)Nc2ccccc2Br)cc1. The van der Waals surface area contributed by atoms with Crippen LogP contribution in [0.25, 0.3) is 0 Å². The van der Waals surface area contributed by atoms with Gasteiger partial charge in [-0.3, -0.25) is 4.72 Å². The van der Waals surface area contributed by atoms with Crippen molar-refractivity contribution < 1.29 is 8.42 Å². The maximum atomic E-state index is 12.3. The van der Waals surface area contributed by atoms with Crippen molar-refractivity contribution in [3.63, 3.8) is 0 Å². The molecular formula is C15H17BrN2O2S. The number of sulfonamides is 1. The molecular weight excluding hydrogens is 352 g/mol. The van der Waals surface area contributed by atoms with Crippen LogP contribution in [0.2, 0.25) is 0 Å². The lowest BCUT2D eigenvalue weighted by atomic mass is 10.1. The zero-order valence-corrected chi connectivity index (χ0v) is 14.0. The molecule has 0 amide bonds. The highest BCUT2D eigenvalue weighted by molar-refractivity contribution is 9.10. The summed E-state index contributed by atoms with van der Waals surface area (Å²) in [6, 6.07) is 14.1. The molecule has 0 saturated carbocycles. The van der Waals surface area contributed by atoms with E-state index in [1.54, 1.807) is 30.3 Å². The number of anilines is 1. The van der Waals surface area contributed by atoms with E-state index in [9.17, 15) is 8.42 Å². The van der Waals surface area contributed by atoms with E-state index in [1.165, 1.54) is 0 Å². The Kier molecular flexibility index (Phi) is 5.39. The fourth-order valence-electron chi connectivity index (χ4n) is 1.85. The van der Waals surface area contributed by atoms with Crippen molar-refractivity contribution in [1.82, 2.24) is 5.32 Å². The van der Waals surface area contributed by atoms with Gasteiger partial charge in [-0.2, -0.15) is 0 Å². The van der Waals surface area contributed by atoms with Crippen molar-refractivity contribution >= 4 is 31.6 Å². The van der Waals surface area contributed by atoms with Gasteiger partial charge in [0.1, 0.15) is 0 Å². The Morgan fingerprint density at radius 1 is 1.05 bits per heavy atom. The summed E-state index contributed by atoms with van der Waals surface area (Å²) < 4.78 is 28.0. The second-order valence-corrected chi connectivity index (χ2v) is 7.12. The number of likely N-dealkylation sites (N-methyl/N-ethyl adjacent to an activating group) is 1. The van der Waals surface area contributed by atoms with Crippen LogP contribution in [0.5, 0.6) is 0 Å². The minimum absolute atomic E-state index is 0.256. The third kappa shape index (κ3) is 4.30.